The molecule has 3 rings (SSSR count). The quantitative estimate of drug-likeness (QED) is 0.459. The molecular weight excluding hydrogens is 364 g/mol. The van der Waals surface area contributed by atoms with Crippen LogP contribution in [0.15, 0.2) is 46.5 Å². The van der Waals surface area contributed by atoms with Gasteiger partial charge in [-0.3, -0.25) is 20.0 Å². The maximum atomic E-state index is 13.0. The number of fused-ring (bicyclic) bond motifs is 1. The number of hydroxylamine groups is 1. The van der Waals surface area contributed by atoms with E-state index >= 15 is 0 Å². The van der Waals surface area contributed by atoms with Gasteiger partial charge in [0.05, 0.1) is 22.8 Å². The number of benzene rings is 1. The van der Waals surface area contributed by atoms with Gasteiger partial charge in [0.2, 0.25) is 10.0 Å². The van der Waals surface area contributed by atoms with Gasteiger partial charge in [0.25, 0.3) is 5.91 Å². The number of sulfonamides is 1. The molecule has 10 heteroatoms. The first kappa shape index (κ1) is 17.8. The summed E-state index contributed by atoms with van der Waals surface area (Å²) in [5.41, 5.74) is 2.58. The normalized spacial score (nSPS) is 17.8. The summed E-state index contributed by atoms with van der Waals surface area (Å²) in [6, 6.07) is 5.31. The summed E-state index contributed by atoms with van der Waals surface area (Å²) in [5, 5.41) is 9.00. The molecule has 0 spiro atoms. The molecule has 25 heavy (non-hydrogen) atoms. The van der Waals surface area contributed by atoms with Crippen molar-refractivity contribution >= 4 is 27.7 Å². The number of hydrogen-bond donors (Lipinski definition) is 2. The summed E-state index contributed by atoms with van der Waals surface area (Å²) in [7, 11) is -3.95. The fourth-order valence-electron chi connectivity index (χ4n) is 2.67. The minimum atomic E-state index is -3.95. The van der Waals surface area contributed by atoms with E-state index in [1.165, 1.54) is 36.3 Å². The number of nitrogens with one attached hydrogen (secondary N) is 1. The molecule has 0 radical (unpaired) electrons. The molecule has 0 saturated carbocycles. The summed E-state index contributed by atoms with van der Waals surface area (Å²) < 4.78 is 27.1. The molecule has 0 saturated heterocycles. The Balaban J connectivity index is 2.03. The van der Waals surface area contributed by atoms with Gasteiger partial charge in [-0.25, -0.2) is 13.9 Å². The number of amides is 1. The molecule has 1 atom stereocenters. The highest BCUT2D eigenvalue weighted by molar-refractivity contribution is 7.98. The van der Waals surface area contributed by atoms with Crippen LogP contribution in [0.3, 0.4) is 0 Å². The minimum absolute atomic E-state index is 0.0394. The van der Waals surface area contributed by atoms with Crippen molar-refractivity contribution < 1.29 is 18.4 Å². The van der Waals surface area contributed by atoms with Crippen LogP contribution in [0.5, 0.6) is 0 Å². The second-order valence-corrected chi connectivity index (χ2v) is 8.14. The topological polar surface area (TPSA) is 112 Å². The number of hydrogen-bond acceptors (Lipinski definition) is 7. The molecule has 0 aliphatic carbocycles. The van der Waals surface area contributed by atoms with Gasteiger partial charge in [-0.1, -0.05) is 0 Å². The Morgan fingerprint density at radius 2 is 1.88 bits per heavy atom. The average molecular weight is 380 g/mol. The molecule has 1 aromatic carbocycles. The third kappa shape index (κ3) is 3.38. The lowest BCUT2D eigenvalue weighted by Crippen LogP contribution is -2.52. The highest BCUT2D eigenvalue weighted by atomic mass is 32.2. The molecule has 0 bridgehead atoms. The predicted molar refractivity (Wildman–Crippen MR) is 90.4 cm³/mol. The molecule has 2 heterocycles. The van der Waals surface area contributed by atoms with Gasteiger partial charge in [0, 0.05) is 23.7 Å². The Bertz CT molecular complexity index is 887. The van der Waals surface area contributed by atoms with Crippen LogP contribution in [-0.4, -0.2) is 46.1 Å². The molecule has 132 valence electrons. The van der Waals surface area contributed by atoms with E-state index in [9.17, 15) is 13.2 Å². The second kappa shape index (κ2) is 7.08. The van der Waals surface area contributed by atoms with E-state index < -0.39 is 22.0 Å². The van der Waals surface area contributed by atoms with Crippen LogP contribution in [0.25, 0.3) is 0 Å². The monoisotopic (exact) mass is 380 g/mol. The number of nitrogens with zero attached hydrogens (tertiary/aromatic N) is 3. The Labute approximate surface area is 149 Å². The molecule has 1 aliphatic rings. The van der Waals surface area contributed by atoms with Crippen LogP contribution in [0.2, 0.25) is 0 Å². The van der Waals surface area contributed by atoms with E-state index in [4.69, 9.17) is 5.21 Å². The fourth-order valence-corrected chi connectivity index (χ4v) is 4.63. The van der Waals surface area contributed by atoms with Gasteiger partial charge < -0.3 is 0 Å². The smallest absolute Gasteiger partial charge is 0.262 e. The van der Waals surface area contributed by atoms with E-state index in [-0.39, 0.29) is 17.9 Å². The van der Waals surface area contributed by atoms with Crippen LogP contribution >= 0.6 is 11.8 Å². The number of aromatic nitrogens is 2. The summed E-state index contributed by atoms with van der Waals surface area (Å²) in [5.74, 6) is -0.805. The molecule has 8 nitrogen and oxygen atoms in total. The molecule has 1 unspecified atom stereocenters. The van der Waals surface area contributed by atoms with Gasteiger partial charge in [0.15, 0.2) is 0 Å². The molecular formula is C15H16N4O4S2. The predicted octanol–water partition coefficient (Wildman–Crippen LogP) is 0.819. The maximum absolute atomic E-state index is 13.0. The highest BCUT2D eigenvalue weighted by Crippen LogP contribution is 2.28. The van der Waals surface area contributed by atoms with Gasteiger partial charge in [-0.15, -0.1) is 11.8 Å². The average Bonchev–Trinajstić information content (AvgIpc) is 2.66. The van der Waals surface area contributed by atoms with E-state index in [0.717, 1.165) is 9.20 Å². The SMILES string of the molecule is CSc1ccc(S(=O)(=O)N2Cc3nccnc3CC2C(=O)NO)cc1. The lowest BCUT2D eigenvalue weighted by atomic mass is 10.0. The van der Waals surface area contributed by atoms with Gasteiger partial charge in [-0.05, 0) is 30.5 Å². The van der Waals surface area contributed by atoms with E-state index in [2.05, 4.69) is 9.97 Å². The van der Waals surface area contributed by atoms with E-state index in [1.807, 2.05) is 6.26 Å². The first-order valence-corrected chi connectivity index (χ1v) is 10.0. The zero-order valence-corrected chi connectivity index (χ0v) is 14.9. The summed E-state index contributed by atoms with van der Waals surface area (Å²) in [4.78, 5) is 21.4. The van der Waals surface area contributed by atoms with Gasteiger partial charge in [-0.2, -0.15) is 4.31 Å². The standard InChI is InChI=1S/C15H16N4O4S2/c1-24-10-2-4-11(5-3-10)25(22,23)19-9-13-12(16-6-7-17-13)8-14(19)15(20)18-21/h2-7,14,21H,8-9H2,1H3,(H,18,20). The molecule has 1 aromatic heterocycles. The molecule has 0 fully saturated rings. The van der Waals surface area contributed by atoms with Crippen molar-refractivity contribution in [3.05, 3.63) is 48.0 Å². The van der Waals surface area contributed by atoms with Crippen LogP contribution in [0.1, 0.15) is 11.4 Å². The molecule has 2 N–H and O–H groups in total. The summed E-state index contributed by atoms with van der Waals surface area (Å²) >= 11 is 1.50. The van der Waals surface area contributed by atoms with Crippen molar-refractivity contribution in [2.75, 3.05) is 6.26 Å². The maximum Gasteiger partial charge on any atom is 0.262 e. The Morgan fingerprint density at radius 3 is 2.48 bits per heavy atom. The van der Waals surface area contributed by atoms with Crippen molar-refractivity contribution in [2.24, 2.45) is 0 Å². The van der Waals surface area contributed by atoms with Crippen molar-refractivity contribution in [1.82, 2.24) is 19.8 Å². The third-order valence-corrected chi connectivity index (χ3v) is 6.59. The van der Waals surface area contributed by atoms with Crippen molar-refractivity contribution in [1.29, 1.82) is 0 Å². The first-order valence-electron chi connectivity index (χ1n) is 7.36. The van der Waals surface area contributed by atoms with Crippen LogP contribution < -0.4 is 5.48 Å². The first-order chi connectivity index (χ1) is 12.0. The number of carbonyl (C=O) groups is 1. The third-order valence-electron chi connectivity index (χ3n) is 3.98. The zero-order valence-electron chi connectivity index (χ0n) is 13.3. The lowest BCUT2D eigenvalue weighted by Gasteiger charge is -2.33. The van der Waals surface area contributed by atoms with E-state index in [1.54, 1.807) is 17.6 Å². The number of rotatable bonds is 4. The van der Waals surface area contributed by atoms with Crippen molar-refractivity contribution in [3.8, 4) is 0 Å². The largest absolute Gasteiger partial charge is 0.289 e. The fraction of sp³-hybridized carbons (Fsp3) is 0.267. The Hall–Kier alpha value is -2.01. The van der Waals surface area contributed by atoms with Crippen LogP contribution in [-0.2, 0) is 27.8 Å². The van der Waals surface area contributed by atoms with Crippen molar-refractivity contribution in [2.45, 2.75) is 28.8 Å². The van der Waals surface area contributed by atoms with Crippen LogP contribution in [0.4, 0.5) is 0 Å². The van der Waals surface area contributed by atoms with Gasteiger partial charge >= 0.3 is 0 Å². The minimum Gasteiger partial charge on any atom is -0.289 e. The number of thioether (sulfide) groups is 1. The molecule has 1 aliphatic heterocycles. The zero-order chi connectivity index (χ0) is 18.0. The summed E-state index contributed by atoms with van der Waals surface area (Å²) in [6.45, 7) is -0.0894. The van der Waals surface area contributed by atoms with E-state index in [0.29, 0.717) is 11.4 Å². The summed E-state index contributed by atoms with van der Waals surface area (Å²) in [6.07, 6.45) is 4.89. The van der Waals surface area contributed by atoms with Crippen molar-refractivity contribution in [3.63, 3.8) is 0 Å². The highest BCUT2D eigenvalue weighted by Gasteiger charge is 2.40. The molecule has 1 amide bonds. The van der Waals surface area contributed by atoms with Crippen LogP contribution in [0, 0.1) is 0 Å². The second-order valence-electron chi connectivity index (χ2n) is 5.37. The lowest BCUT2D eigenvalue weighted by molar-refractivity contribution is -0.133. The Kier molecular flexibility index (Phi) is 5.04. The Morgan fingerprint density at radius 1 is 1.24 bits per heavy atom. The number of carbonyl (C=O) groups excluding carboxylic acids is 1. The molecule has 2 aromatic rings. The van der Waals surface area contributed by atoms with Gasteiger partial charge in [0.1, 0.15) is 6.04 Å².